The van der Waals surface area contributed by atoms with Gasteiger partial charge in [-0.15, -0.1) is 0 Å². The Balaban J connectivity index is 2.63. The maximum atomic E-state index is 8.11. The topological polar surface area (TPSA) is 20.2 Å². The molecule has 0 aromatic heterocycles. The second-order valence-electron chi connectivity index (χ2n) is 1.81. The second kappa shape index (κ2) is 3.16. The van der Waals surface area contributed by atoms with Crippen LogP contribution in [-0.2, 0) is 0 Å². The fourth-order valence-electron chi connectivity index (χ4n) is 0.211. The van der Waals surface area contributed by atoms with Crippen molar-refractivity contribution in [3.05, 3.63) is 6.61 Å². The lowest BCUT2D eigenvalue weighted by molar-refractivity contribution is 0.351. The highest BCUT2D eigenvalue weighted by Gasteiger charge is 1.87. The molecule has 0 spiro atoms. The van der Waals surface area contributed by atoms with E-state index < -0.39 is 0 Å². The van der Waals surface area contributed by atoms with E-state index >= 15 is 0 Å². The summed E-state index contributed by atoms with van der Waals surface area (Å²) in [5.74, 6) is 0.593. The van der Waals surface area contributed by atoms with E-state index in [9.17, 15) is 0 Å². The van der Waals surface area contributed by atoms with Gasteiger partial charge in [0.15, 0.2) is 0 Å². The highest BCUT2D eigenvalue weighted by molar-refractivity contribution is 4.49. The van der Waals surface area contributed by atoms with Gasteiger partial charge in [-0.2, -0.15) is 0 Å². The molecule has 0 fully saturated rings. The SMILES string of the molecule is CC(C)C[CH]O. The van der Waals surface area contributed by atoms with Crippen LogP contribution in [0, 0.1) is 12.5 Å². The lowest BCUT2D eigenvalue weighted by Gasteiger charge is -1.94. The van der Waals surface area contributed by atoms with Gasteiger partial charge in [0, 0.05) is 0 Å². The van der Waals surface area contributed by atoms with Crippen molar-refractivity contribution >= 4 is 0 Å². The van der Waals surface area contributed by atoms with Crippen molar-refractivity contribution < 1.29 is 5.11 Å². The third kappa shape index (κ3) is 3.96. The van der Waals surface area contributed by atoms with Crippen molar-refractivity contribution in [2.75, 3.05) is 0 Å². The molecule has 0 saturated carbocycles. The van der Waals surface area contributed by atoms with Gasteiger partial charge in [0.25, 0.3) is 0 Å². The first-order valence-electron chi connectivity index (χ1n) is 2.23. The van der Waals surface area contributed by atoms with Crippen molar-refractivity contribution in [2.45, 2.75) is 20.3 Å². The first kappa shape index (κ1) is 5.96. The molecule has 0 aliphatic carbocycles. The van der Waals surface area contributed by atoms with Crippen LogP contribution >= 0.6 is 0 Å². The molecule has 0 unspecified atom stereocenters. The van der Waals surface area contributed by atoms with Gasteiger partial charge in [-0.05, 0) is 12.3 Å². The minimum atomic E-state index is 0.593. The summed E-state index contributed by atoms with van der Waals surface area (Å²) in [6.45, 7) is 5.32. The molecular weight excluding hydrogens is 76.1 g/mol. The van der Waals surface area contributed by atoms with Gasteiger partial charge in [0.05, 0.1) is 6.61 Å². The van der Waals surface area contributed by atoms with Crippen LogP contribution in [0.4, 0.5) is 0 Å². The van der Waals surface area contributed by atoms with Crippen LogP contribution in [0.25, 0.3) is 0 Å². The molecule has 1 nitrogen and oxygen atoms in total. The van der Waals surface area contributed by atoms with E-state index in [0.29, 0.717) is 5.92 Å². The van der Waals surface area contributed by atoms with E-state index in [1.54, 1.807) is 0 Å². The number of aliphatic hydroxyl groups is 1. The van der Waals surface area contributed by atoms with Gasteiger partial charge in [-0.3, -0.25) is 0 Å². The van der Waals surface area contributed by atoms with Crippen LogP contribution in [0.15, 0.2) is 0 Å². The van der Waals surface area contributed by atoms with Gasteiger partial charge in [0.2, 0.25) is 0 Å². The Bertz CT molecular complexity index is 25.1. The zero-order valence-corrected chi connectivity index (χ0v) is 4.31. The first-order valence-corrected chi connectivity index (χ1v) is 2.23. The van der Waals surface area contributed by atoms with Crippen molar-refractivity contribution in [2.24, 2.45) is 5.92 Å². The molecule has 6 heavy (non-hydrogen) atoms. The smallest absolute Gasteiger partial charge is 0.0801 e. The molecule has 1 heteroatoms. The van der Waals surface area contributed by atoms with Gasteiger partial charge in [0.1, 0.15) is 0 Å². The second-order valence-corrected chi connectivity index (χ2v) is 1.81. The predicted octanol–water partition coefficient (Wildman–Crippen LogP) is 1.57. The van der Waals surface area contributed by atoms with Gasteiger partial charge in [-0.25, -0.2) is 0 Å². The molecule has 37 valence electrons. The Kier molecular flexibility index (Phi) is 3.14. The molecule has 0 atom stereocenters. The Hall–Kier alpha value is -0.0400. The van der Waals surface area contributed by atoms with E-state index in [-0.39, 0.29) is 0 Å². The minimum Gasteiger partial charge on any atom is -0.390 e. The van der Waals surface area contributed by atoms with E-state index in [0.717, 1.165) is 6.42 Å². The summed E-state index contributed by atoms with van der Waals surface area (Å²) in [5, 5.41) is 8.11. The summed E-state index contributed by atoms with van der Waals surface area (Å²) in [4.78, 5) is 0. The third-order valence-electron chi connectivity index (χ3n) is 0.577. The van der Waals surface area contributed by atoms with Gasteiger partial charge < -0.3 is 5.11 Å². The fraction of sp³-hybridized carbons (Fsp3) is 0.800. The van der Waals surface area contributed by atoms with Crippen molar-refractivity contribution in [1.29, 1.82) is 0 Å². The van der Waals surface area contributed by atoms with Crippen LogP contribution in [0.2, 0.25) is 0 Å². The first-order chi connectivity index (χ1) is 2.77. The molecule has 0 heterocycles. The number of aliphatic hydroxyl groups excluding tert-OH is 1. The Morgan fingerprint density at radius 2 is 2.17 bits per heavy atom. The van der Waals surface area contributed by atoms with Crippen LogP contribution in [0.1, 0.15) is 20.3 Å². The van der Waals surface area contributed by atoms with Crippen LogP contribution in [0.3, 0.4) is 0 Å². The van der Waals surface area contributed by atoms with Crippen molar-refractivity contribution in [1.82, 2.24) is 0 Å². The molecule has 0 aliphatic rings. The Morgan fingerprint density at radius 3 is 2.17 bits per heavy atom. The van der Waals surface area contributed by atoms with E-state index in [4.69, 9.17) is 5.11 Å². The molecular formula is C5H11O. The average molecular weight is 87.1 g/mol. The Labute approximate surface area is 39.0 Å². The van der Waals surface area contributed by atoms with Gasteiger partial charge in [-0.1, -0.05) is 13.8 Å². The number of hydrogen-bond donors (Lipinski definition) is 1. The highest BCUT2D eigenvalue weighted by atomic mass is 16.2. The molecule has 0 aromatic rings. The maximum Gasteiger partial charge on any atom is 0.0801 e. The van der Waals surface area contributed by atoms with Crippen molar-refractivity contribution in [3.8, 4) is 0 Å². The number of hydrogen-bond acceptors (Lipinski definition) is 1. The quantitative estimate of drug-likeness (QED) is 0.542. The zero-order valence-electron chi connectivity index (χ0n) is 4.31. The molecule has 1 N–H and O–H groups in total. The highest BCUT2D eigenvalue weighted by Crippen LogP contribution is 1.97. The molecule has 0 bridgehead atoms. The summed E-state index contributed by atoms with van der Waals surface area (Å²) in [6.07, 6.45) is 0.806. The summed E-state index contributed by atoms with van der Waals surface area (Å²) >= 11 is 0. The van der Waals surface area contributed by atoms with Crippen molar-refractivity contribution in [3.63, 3.8) is 0 Å². The van der Waals surface area contributed by atoms with Crippen LogP contribution in [-0.4, -0.2) is 5.11 Å². The van der Waals surface area contributed by atoms with Crippen LogP contribution < -0.4 is 0 Å². The van der Waals surface area contributed by atoms with Gasteiger partial charge >= 0.3 is 0 Å². The minimum absolute atomic E-state index is 0.593. The summed E-state index contributed by atoms with van der Waals surface area (Å²) in [5.41, 5.74) is 0. The zero-order chi connectivity index (χ0) is 4.99. The van der Waals surface area contributed by atoms with E-state index in [2.05, 4.69) is 13.8 Å². The van der Waals surface area contributed by atoms with E-state index in [1.165, 1.54) is 6.61 Å². The molecule has 0 amide bonds. The largest absolute Gasteiger partial charge is 0.390 e. The molecule has 0 aromatic carbocycles. The monoisotopic (exact) mass is 87.1 g/mol. The molecule has 0 saturated heterocycles. The lowest BCUT2D eigenvalue weighted by atomic mass is 10.2. The summed E-state index contributed by atoms with van der Waals surface area (Å²) in [6, 6.07) is 0. The Morgan fingerprint density at radius 1 is 1.67 bits per heavy atom. The van der Waals surface area contributed by atoms with E-state index in [1.807, 2.05) is 0 Å². The fourth-order valence-corrected chi connectivity index (χ4v) is 0.211. The predicted molar refractivity (Wildman–Crippen MR) is 25.7 cm³/mol. The third-order valence-corrected chi connectivity index (χ3v) is 0.577. The normalized spacial score (nSPS) is 10.0. The lowest BCUT2D eigenvalue weighted by Crippen LogP contribution is -1.84. The summed E-state index contributed by atoms with van der Waals surface area (Å²) in [7, 11) is 0. The average Bonchev–Trinajstić information content (AvgIpc) is 1.35. The molecule has 0 rings (SSSR count). The van der Waals surface area contributed by atoms with Crippen LogP contribution in [0.5, 0.6) is 0 Å². The number of rotatable bonds is 2. The molecule has 0 aliphatic heterocycles. The standard InChI is InChI=1S/C5H11O/c1-5(2)3-4-6/h4-6H,3H2,1-2H3. The summed E-state index contributed by atoms with van der Waals surface area (Å²) < 4.78 is 0. The molecule has 1 radical (unpaired) electrons. The maximum absolute atomic E-state index is 8.11.